The Labute approximate surface area is 82.3 Å². The zero-order valence-corrected chi connectivity index (χ0v) is 9.30. The van der Waals surface area contributed by atoms with E-state index in [2.05, 4.69) is 32.2 Å². The van der Waals surface area contributed by atoms with Crippen LogP contribution in [0.2, 0.25) is 0 Å². The first-order valence-corrected chi connectivity index (χ1v) is 5.25. The zero-order valence-electron chi connectivity index (χ0n) is 9.30. The first-order chi connectivity index (χ1) is 6.10. The minimum Gasteiger partial charge on any atom is -0.299 e. The van der Waals surface area contributed by atoms with Crippen LogP contribution in [0.3, 0.4) is 0 Å². The molecule has 0 aliphatic rings. The van der Waals surface area contributed by atoms with Crippen molar-refractivity contribution in [2.75, 3.05) is 0 Å². The van der Waals surface area contributed by atoms with Gasteiger partial charge in [0.1, 0.15) is 0 Å². The van der Waals surface area contributed by atoms with Crippen molar-refractivity contribution in [3.8, 4) is 6.07 Å². The van der Waals surface area contributed by atoms with E-state index in [1.54, 1.807) is 0 Å². The maximum atomic E-state index is 8.74. The molecule has 0 aromatic heterocycles. The molecule has 0 spiro atoms. The SMILES string of the molecule is CCC(C#N)NC(C)CCC(C)C. The first-order valence-electron chi connectivity index (χ1n) is 5.25. The Balaban J connectivity index is 3.61. The third-order valence-electron chi connectivity index (χ3n) is 2.23. The Morgan fingerprint density at radius 3 is 2.23 bits per heavy atom. The summed E-state index contributed by atoms with van der Waals surface area (Å²) in [5, 5.41) is 12.1. The van der Waals surface area contributed by atoms with Gasteiger partial charge in [0.15, 0.2) is 0 Å². The summed E-state index contributed by atoms with van der Waals surface area (Å²) in [6.45, 7) is 8.65. The molecule has 2 unspecified atom stereocenters. The summed E-state index contributed by atoms with van der Waals surface area (Å²) in [4.78, 5) is 0. The number of nitrogens with one attached hydrogen (secondary N) is 1. The van der Waals surface area contributed by atoms with Crippen LogP contribution >= 0.6 is 0 Å². The maximum absolute atomic E-state index is 8.74. The minimum atomic E-state index is 0.0298. The summed E-state index contributed by atoms with van der Waals surface area (Å²) in [5.41, 5.74) is 0. The van der Waals surface area contributed by atoms with Gasteiger partial charge in [0, 0.05) is 6.04 Å². The van der Waals surface area contributed by atoms with Crippen LogP contribution < -0.4 is 5.32 Å². The van der Waals surface area contributed by atoms with Gasteiger partial charge in [-0.2, -0.15) is 5.26 Å². The van der Waals surface area contributed by atoms with Gasteiger partial charge in [-0.1, -0.05) is 20.8 Å². The molecule has 0 aliphatic carbocycles. The highest BCUT2D eigenvalue weighted by Gasteiger charge is 2.08. The molecular weight excluding hydrogens is 160 g/mol. The van der Waals surface area contributed by atoms with Crippen LogP contribution in [-0.4, -0.2) is 12.1 Å². The standard InChI is InChI=1S/C11H22N2/c1-5-11(8-12)13-10(4)7-6-9(2)3/h9-11,13H,5-7H2,1-4H3. The van der Waals surface area contributed by atoms with Crippen LogP contribution in [-0.2, 0) is 0 Å². The molecule has 0 fully saturated rings. The van der Waals surface area contributed by atoms with Gasteiger partial charge in [0.2, 0.25) is 0 Å². The van der Waals surface area contributed by atoms with E-state index in [1.165, 1.54) is 6.42 Å². The number of hydrogen-bond acceptors (Lipinski definition) is 2. The summed E-state index contributed by atoms with van der Waals surface area (Å²) in [7, 11) is 0. The number of rotatable bonds is 6. The van der Waals surface area contributed by atoms with E-state index in [1.807, 2.05) is 6.92 Å². The van der Waals surface area contributed by atoms with Gasteiger partial charge < -0.3 is 0 Å². The molecule has 0 aromatic rings. The third kappa shape index (κ3) is 6.60. The van der Waals surface area contributed by atoms with Gasteiger partial charge in [-0.3, -0.25) is 5.32 Å². The summed E-state index contributed by atoms with van der Waals surface area (Å²) >= 11 is 0. The third-order valence-corrected chi connectivity index (χ3v) is 2.23. The van der Waals surface area contributed by atoms with Gasteiger partial charge in [0.25, 0.3) is 0 Å². The lowest BCUT2D eigenvalue weighted by Gasteiger charge is -2.17. The average Bonchev–Trinajstić information content (AvgIpc) is 2.10. The van der Waals surface area contributed by atoms with Crippen molar-refractivity contribution < 1.29 is 0 Å². The molecule has 2 atom stereocenters. The second kappa shape index (κ2) is 6.91. The van der Waals surface area contributed by atoms with E-state index in [9.17, 15) is 0 Å². The molecule has 76 valence electrons. The van der Waals surface area contributed by atoms with Crippen molar-refractivity contribution in [1.29, 1.82) is 5.26 Å². The van der Waals surface area contributed by atoms with Crippen LogP contribution in [0, 0.1) is 17.2 Å². The van der Waals surface area contributed by atoms with Gasteiger partial charge in [0.05, 0.1) is 12.1 Å². The molecule has 0 saturated heterocycles. The van der Waals surface area contributed by atoms with Crippen LogP contribution in [0.1, 0.15) is 47.0 Å². The Kier molecular flexibility index (Phi) is 6.62. The number of hydrogen-bond donors (Lipinski definition) is 1. The van der Waals surface area contributed by atoms with E-state index in [0.29, 0.717) is 6.04 Å². The average molecular weight is 182 g/mol. The van der Waals surface area contributed by atoms with Crippen LogP contribution in [0.5, 0.6) is 0 Å². The fourth-order valence-corrected chi connectivity index (χ4v) is 1.26. The predicted octanol–water partition coefficient (Wildman–Crippen LogP) is 2.70. The minimum absolute atomic E-state index is 0.0298. The van der Waals surface area contributed by atoms with Crippen LogP contribution in [0.4, 0.5) is 0 Å². The molecule has 2 heteroatoms. The van der Waals surface area contributed by atoms with Gasteiger partial charge >= 0.3 is 0 Å². The lowest BCUT2D eigenvalue weighted by molar-refractivity contribution is 0.426. The van der Waals surface area contributed by atoms with E-state index < -0.39 is 0 Å². The molecule has 0 bridgehead atoms. The second-order valence-corrected chi connectivity index (χ2v) is 4.13. The summed E-state index contributed by atoms with van der Waals surface area (Å²) in [6.07, 6.45) is 3.29. The Morgan fingerprint density at radius 1 is 1.23 bits per heavy atom. The highest BCUT2D eigenvalue weighted by molar-refractivity contribution is 4.89. The normalized spacial score (nSPS) is 15.4. The monoisotopic (exact) mass is 182 g/mol. The molecule has 0 radical (unpaired) electrons. The lowest BCUT2D eigenvalue weighted by atomic mass is 10.0. The molecule has 0 rings (SSSR count). The topological polar surface area (TPSA) is 35.8 Å². The fraction of sp³-hybridized carbons (Fsp3) is 0.909. The quantitative estimate of drug-likeness (QED) is 0.685. The summed E-state index contributed by atoms with van der Waals surface area (Å²) < 4.78 is 0. The smallest absolute Gasteiger partial charge is 0.0952 e. The molecule has 0 aromatic carbocycles. The fourth-order valence-electron chi connectivity index (χ4n) is 1.26. The Bertz CT molecular complexity index is 158. The van der Waals surface area contributed by atoms with Crippen LogP contribution in [0.15, 0.2) is 0 Å². The summed E-state index contributed by atoms with van der Waals surface area (Å²) in [5.74, 6) is 0.756. The van der Waals surface area contributed by atoms with Gasteiger partial charge in [-0.05, 0) is 32.1 Å². The molecule has 0 amide bonds. The molecule has 0 aliphatic heterocycles. The van der Waals surface area contributed by atoms with E-state index in [4.69, 9.17) is 5.26 Å². The molecule has 2 nitrogen and oxygen atoms in total. The predicted molar refractivity (Wildman–Crippen MR) is 56.4 cm³/mol. The van der Waals surface area contributed by atoms with E-state index >= 15 is 0 Å². The molecule has 1 N–H and O–H groups in total. The Hall–Kier alpha value is -0.550. The van der Waals surface area contributed by atoms with E-state index in [-0.39, 0.29) is 6.04 Å². The van der Waals surface area contributed by atoms with Crippen molar-refractivity contribution in [2.45, 2.75) is 59.0 Å². The van der Waals surface area contributed by atoms with Crippen molar-refractivity contribution >= 4 is 0 Å². The van der Waals surface area contributed by atoms with Crippen LogP contribution in [0.25, 0.3) is 0 Å². The lowest BCUT2D eigenvalue weighted by Crippen LogP contribution is -2.35. The van der Waals surface area contributed by atoms with E-state index in [0.717, 1.165) is 18.8 Å². The van der Waals surface area contributed by atoms with Gasteiger partial charge in [-0.25, -0.2) is 0 Å². The Morgan fingerprint density at radius 2 is 1.85 bits per heavy atom. The highest BCUT2D eigenvalue weighted by atomic mass is 14.9. The zero-order chi connectivity index (χ0) is 10.3. The number of nitriles is 1. The van der Waals surface area contributed by atoms with Crippen molar-refractivity contribution in [1.82, 2.24) is 5.32 Å². The highest BCUT2D eigenvalue weighted by Crippen LogP contribution is 2.07. The molecule has 0 saturated carbocycles. The van der Waals surface area contributed by atoms with Gasteiger partial charge in [-0.15, -0.1) is 0 Å². The molecular formula is C11H22N2. The van der Waals surface area contributed by atoms with Crippen molar-refractivity contribution in [2.24, 2.45) is 5.92 Å². The maximum Gasteiger partial charge on any atom is 0.0952 e. The first kappa shape index (κ1) is 12.4. The summed E-state index contributed by atoms with van der Waals surface area (Å²) in [6, 6.07) is 2.75. The second-order valence-electron chi connectivity index (χ2n) is 4.13. The van der Waals surface area contributed by atoms with Crippen molar-refractivity contribution in [3.05, 3.63) is 0 Å². The number of nitrogens with zero attached hydrogens (tertiary/aromatic N) is 1. The molecule has 13 heavy (non-hydrogen) atoms. The molecule has 0 heterocycles. The largest absolute Gasteiger partial charge is 0.299 e. The van der Waals surface area contributed by atoms with Crippen molar-refractivity contribution in [3.63, 3.8) is 0 Å².